The number of cyclic esters (lactones) is 1. The third-order valence-corrected chi connectivity index (χ3v) is 11.5. The highest BCUT2D eigenvalue weighted by Gasteiger charge is 2.45. The van der Waals surface area contributed by atoms with E-state index in [9.17, 15) is 19.5 Å². The number of anilines is 1. The van der Waals surface area contributed by atoms with Crippen LogP contribution in [-0.4, -0.2) is 40.4 Å². The molecule has 4 heterocycles. The average molecular weight is 564 g/mol. The van der Waals surface area contributed by atoms with E-state index in [4.69, 9.17) is 14.5 Å². The topological polar surface area (TPSA) is 120 Å². The van der Waals surface area contributed by atoms with E-state index in [1.807, 2.05) is 32.9 Å². The Morgan fingerprint density at radius 2 is 1.95 bits per heavy atom. The first-order chi connectivity index (χ1) is 18.7. The fraction of sp³-hybridized carbons (Fsp3) is 0.467. The van der Waals surface area contributed by atoms with E-state index in [0.717, 1.165) is 34.1 Å². The standard InChI is InChI=1S/C30H37N3O6Si/c1-8-12-40(6,7)23-11-10-21(31-28(36)39-29(3,4)5)18-13-17-15-33-22(24(17)32-25(18)23)14-20-19(26(33)34)16-38-27(35)30(20,37)9-2/h10-11,13-14,37H,8-9,12,15-16H2,1-7H3,(H,31,36)/t30-/m0/s1. The van der Waals surface area contributed by atoms with E-state index in [-0.39, 0.29) is 30.7 Å². The Morgan fingerprint density at radius 1 is 1.23 bits per heavy atom. The number of carbonyl (C=O) groups excluding carboxylic acids is 2. The molecular formula is C30H37N3O6Si. The maximum Gasteiger partial charge on any atom is 0.412 e. The summed E-state index contributed by atoms with van der Waals surface area (Å²) in [4.78, 5) is 44.0. The lowest BCUT2D eigenvalue weighted by molar-refractivity contribution is -0.172. The third-order valence-electron chi connectivity index (χ3n) is 7.92. The van der Waals surface area contributed by atoms with Crippen molar-refractivity contribution in [2.75, 3.05) is 5.32 Å². The van der Waals surface area contributed by atoms with Gasteiger partial charge in [-0.15, -0.1) is 0 Å². The molecule has 0 radical (unpaired) electrons. The summed E-state index contributed by atoms with van der Waals surface area (Å²) in [7, 11) is -1.92. The van der Waals surface area contributed by atoms with E-state index in [1.54, 1.807) is 17.6 Å². The van der Waals surface area contributed by atoms with Crippen LogP contribution in [-0.2, 0) is 33.0 Å². The predicted molar refractivity (Wildman–Crippen MR) is 157 cm³/mol. The summed E-state index contributed by atoms with van der Waals surface area (Å²) in [5, 5.41) is 16.0. The largest absolute Gasteiger partial charge is 0.458 e. The molecule has 0 saturated heterocycles. The van der Waals surface area contributed by atoms with Crippen molar-refractivity contribution in [1.29, 1.82) is 0 Å². The van der Waals surface area contributed by atoms with Crippen LogP contribution in [0.2, 0.25) is 19.1 Å². The smallest absolute Gasteiger partial charge is 0.412 e. The van der Waals surface area contributed by atoms with Crippen molar-refractivity contribution in [2.24, 2.45) is 0 Å². The zero-order valence-electron chi connectivity index (χ0n) is 24.2. The van der Waals surface area contributed by atoms with Crippen LogP contribution in [0.25, 0.3) is 22.3 Å². The van der Waals surface area contributed by atoms with Crippen molar-refractivity contribution < 1.29 is 24.2 Å². The van der Waals surface area contributed by atoms with E-state index in [1.165, 1.54) is 0 Å². The second-order valence-electron chi connectivity index (χ2n) is 12.4. The molecule has 40 heavy (non-hydrogen) atoms. The Hall–Kier alpha value is -3.50. The quantitative estimate of drug-likeness (QED) is 0.266. The normalized spacial score (nSPS) is 18.1. The van der Waals surface area contributed by atoms with Crippen LogP contribution in [0.3, 0.4) is 0 Å². The van der Waals surface area contributed by atoms with Gasteiger partial charge in [0.1, 0.15) is 12.2 Å². The number of benzene rings is 1. The number of rotatable bonds is 5. The number of hydrogen-bond donors (Lipinski definition) is 2. The molecule has 2 aromatic heterocycles. The van der Waals surface area contributed by atoms with Crippen molar-refractivity contribution in [3.8, 4) is 11.4 Å². The number of aliphatic hydroxyl groups is 1. The van der Waals surface area contributed by atoms with E-state index < -0.39 is 31.3 Å². The predicted octanol–water partition coefficient (Wildman–Crippen LogP) is 4.75. The van der Waals surface area contributed by atoms with E-state index >= 15 is 0 Å². The molecule has 1 aromatic carbocycles. The molecule has 3 aromatic rings. The Morgan fingerprint density at radius 3 is 2.60 bits per heavy atom. The Bertz CT molecular complexity index is 1620. The van der Waals surface area contributed by atoms with Crippen LogP contribution in [0.1, 0.15) is 64.2 Å². The monoisotopic (exact) mass is 563 g/mol. The van der Waals surface area contributed by atoms with Crippen LogP contribution >= 0.6 is 0 Å². The van der Waals surface area contributed by atoms with Gasteiger partial charge in [-0.1, -0.05) is 45.5 Å². The molecular weight excluding hydrogens is 526 g/mol. The minimum absolute atomic E-state index is 0.0837. The lowest BCUT2D eigenvalue weighted by atomic mass is 9.86. The van der Waals surface area contributed by atoms with Crippen LogP contribution in [0.15, 0.2) is 29.1 Å². The fourth-order valence-electron chi connectivity index (χ4n) is 5.89. The molecule has 0 saturated carbocycles. The van der Waals surface area contributed by atoms with Gasteiger partial charge in [-0.05, 0) is 50.6 Å². The minimum atomic E-state index is -1.92. The summed E-state index contributed by atoms with van der Waals surface area (Å²) in [6, 6.07) is 8.75. The number of aromatic nitrogens is 2. The summed E-state index contributed by atoms with van der Waals surface area (Å²) in [5.41, 5.74) is 1.13. The molecule has 0 aliphatic carbocycles. The summed E-state index contributed by atoms with van der Waals surface area (Å²) < 4.78 is 12.3. The summed E-state index contributed by atoms with van der Waals surface area (Å²) in [6.45, 7) is 14.0. The van der Waals surface area contributed by atoms with Gasteiger partial charge in [0.05, 0.1) is 42.8 Å². The third kappa shape index (κ3) is 4.52. The zero-order chi connectivity index (χ0) is 29.2. The molecule has 0 fully saturated rings. The minimum Gasteiger partial charge on any atom is -0.458 e. The van der Waals surface area contributed by atoms with E-state index in [2.05, 4.69) is 31.4 Å². The lowest BCUT2D eigenvalue weighted by Crippen LogP contribution is -2.44. The molecule has 2 N–H and O–H groups in total. The number of nitrogens with one attached hydrogen (secondary N) is 1. The number of amides is 1. The van der Waals surface area contributed by atoms with Gasteiger partial charge in [0.2, 0.25) is 0 Å². The number of carbonyl (C=O) groups is 2. The number of esters is 1. The summed E-state index contributed by atoms with van der Waals surface area (Å²) in [6.07, 6.45) is 0.572. The second kappa shape index (κ2) is 9.55. The van der Waals surface area contributed by atoms with Crippen LogP contribution in [0, 0.1) is 0 Å². The van der Waals surface area contributed by atoms with Crippen molar-refractivity contribution in [1.82, 2.24) is 9.55 Å². The summed E-state index contributed by atoms with van der Waals surface area (Å²) in [5.74, 6) is -0.746. The highest BCUT2D eigenvalue weighted by Crippen LogP contribution is 2.39. The van der Waals surface area contributed by atoms with Crippen LogP contribution in [0.5, 0.6) is 0 Å². The van der Waals surface area contributed by atoms with Gasteiger partial charge in [-0.3, -0.25) is 10.1 Å². The molecule has 0 unspecified atom stereocenters. The zero-order valence-corrected chi connectivity index (χ0v) is 25.2. The van der Waals surface area contributed by atoms with Crippen molar-refractivity contribution in [2.45, 2.75) is 91.0 Å². The molecule has 2 aliphatic heterocycles. The first kappa shape index (κ1) is 28.0. The molecule has 212 valence electrons. The van der Waals surface area contributed by atoms with Crippen LogP contribution < -0.4 is 16.1 Å². The molecule has 1 amide bonds. The molecule has 9 nitrogen and oxygen atoms in total. The average Bonchev–Trinajstić information content (AvgIpc) is 3.22. The molecule has 5 rings (SSSR count). The Kier molecular flexibility index (Phi) is 6.70. The Labute approximate surface area is 234 Å². The van der Waals surface area contributed by atoms with Crippen LogP contribution in [0.4, 0.5) is 10.5 Å². The molecule has 0 spiro atoms. The highest BCUT2D eigenvalue weighted by atomic mass is 28.3. The lowest BCUT2D eigenvalue weighted by Gasteiger charge is -2.31. The van der Waals surface area contributed by atoms with Gasteiger partial charge in [0.25, 0.3) is 5.56 Å². The number of nitrogens with zero attached hydrogens (tertiary/aromatic N) is 2. The van der Waals surface area contributed by atoms with Crippen molar-refractivity contribution in [3.63, 3.8) is 0 Å². The maximum absolute atomic E-state index is 13.6. The van der Waals surface area contributed by atoms with Gasteiger partial charge < -0.3 is 19.1 Å². The first-order valence-electron chi connectivity index (χ1n) is 13.8. The fourth-order valence-corrected chi connectivity index (χ4v) is 8.78. The van der Waals surface area contributed by atoms with Gasteiger partial charge in [-0.2, -0.15) is 0 Å². The van der Waals surface area contributed by atoms with Crippen molar-refractivity contribution in [3.05, 3.63) is 51.3 Å². The van der Waals surface area contributed by atoms with Gasteiger partial charge >= 0.3 is 12.1 Å². The number of hydrogen-bond acceptors (Lipinski definition) is 7. The molecule has 10 heteroatoms. The number of ether oxygens (including phenoxy) is 2. The molecule has 0 bridgehead atoms. The number of pyridine rings is 2. The second-order valence-corrected chi connectivity index (χ2v) is 17.2. The van der Waals surface area contributed by atoms with Gasteiger partial charge in [0.15, 0.2) is 5.60 Å². The Balaban J connectivity index is 1.73. The van der Waals surface area contributed by atoms with E-state index in [0.29, 0.717) is 22.6 Å². The summed E-state index contributed by atoms with van der Waals surface area (Å²) >= 11 is 0. The molecule has 2 aliphatic rings. The highest BCUT2D eigenvalue weighted by molar-refractivity contribution is 6.91. The van der Waals surface area contributed by atoms with Gasteiger partial charge in [0, 0.05) is 16.5 Å². The van der Waals surface area contributed by atoms with Crippen molar-refractivity contribution >= 4 is 41.9 Å². The number of fused-ring (bicyclic) bond motifs is 5. The molecule has 1 atom stereocenters. The first-order valence-corrected chi connectivity index (χ1v) is 17.0. The SMILES string of the molecule is CCC[Si](C)(C)c1ccc(NC(=O)OC(C)(C)C)c2cc3c(nc12)-c1cc2c(c(=O)n1C3)COC(=O)[C@]2(O)CC. The van der Waals surface area contributed by atoms with Gasteiger partial charge in [-0.25, -0.2) is 14.6 Å². The maximum atomic E-state index is 13.6.